The molecule has 3 aromatic rings. The lowest BCUT2D eigenvalue weighted by Gasteiger charge is -1.99. The summed E-state index contributed by atoms with van der Waals surface area (Å²) < 4.78 is 0. The Balaban J connectivity index is 2.27. The van der Waals surface area contributed by atoms with Gasteiger partial charge in [0, 0.05) is 29.5 Å². The quantitative estimate of drug-likeness (QED) is 0.663. The zero-order valence-corrected chi connectivity index (χ0v) is 9.31. The number of nitrogens with one attached hydrogen (secondary N) is 1. The van der Waals surface area contributed by atoms with Crippen LogP contribution in [0.1, 0.15) is 5.56 Å². The van der Waals surface area contributed by atoms with Gasteiger partial charge in [-0.1, -0.05) is 0 Å². The topological polar surface area (TPSA) is 80.5 Å². The highest BCUT2D eigenvalue weighted by Crippen LogP contribution is 2.26. The molecule has 3 rings (SSSR count). The molecular weight excluding hydrogens is 214 g/mol. The molecule has 3 heterocycles. The van der Waals surface area contributed by atoms with Crippen molar-refractivity contribution >= 4 is 17.0 Å². The van der Waals surface area contributed by atoms with Crippen LogP contribution in [0.15, 0.2) is 30.7 Å². The van der Waals surface area contributed by atoms with Gasteiger partial charge in [0.1, 0.15) is 5.65 Å². The van der Waals surface area contributed by atoms with Crippen molar-refractivity contribution in [2.24, 2.45) is 0 Å². The van der Waals surface area contributed by atoms with E-state index in [9.17, 15) is 0 Å². The first-order valence-corrected chi connectivity index (χ1v) is 5.26. The van der Waals surface area contributed by atoms with Crippen LogP contribution in [0, 0.1) is 6.92 Å². The third-order valence-electron chi connectivity index (χ3n) is 2.62. The standard InChI is InChI=1S/C12H11N5/c1-7-4-8-9(6-16-11(8)15-5-7)10-2-3-14-12(13)17-10/h2-6H,1H3,(H,15,16)(H2,13,14,17). The molecule has 0 fully saturated rings. The van der Waals surface area contributed by atoms with E-state index in [1.807, 2.05) is 25.4 Å². The number of fused-ring (bicyclic) bond motifs is 1. The molecule has 0 aliphatic heterocycles. The Bertz CT molecular complexity index is 686. The number of rotatable bonds is 1. The lowest BCUT2D eigenvalue weighted by molar-refractivity contribution is 1.19. The van der Waals surface area contributed by atoms with Crippen molar-refractivity contribution in [3.05, 3.63) is 36.3 Å². The molecule has 0 amide bonds. The molecule has 0 aliphatic carbocycles. The fraction of sp³-hybridized carbons (Fsp3) is 0.0833. The number of hydrogen-bond acceptors (Lipinski definition) is 4. The summed E-state index contributed by atoms with van der Waals surface area (Å²) in [5, 5.41) is 1.04. The van der Waals surface area contributed by atoms with Crippen LogP contribution >= 0.6 is 0 Å². The third kappa shape index (κ3) is 1.61. The molecular formula is C12H11N5. The normalized spacial score (nSPS) is 10.9. The van der Waals surface area contributed by atoms with Crippen LogP contribution < -0.4 is 5.73 Å². The van der Waals surface area contributed by atoms with E-state index in [0.29, 0.717) is 0 Å². The summed E-state index contributed by atoms with van der Waals surface area (Å²) >= 11 is 0. The minimum absolute atomic E-state index is 0.275. The van der Waals surface area contributed by atoms with Gasteiger partial charge in [0.25, 0.3) is 0 Å². The zero-order valence-electron chi connectivity index (χ0n) is 9.31. The molecule has 5 heteroatoms. The largest absolute Gasteiger partial charge is 0.368 e. The van der Waals surface area contributed by atoms with Gasteiger partial charge in [0.2, 0.25) is 5.95 Å². The SMILES string of the molecule is Cc1cnc2[nH]cc(-c3ccnc(N)n3)c2c1. The van der Waals surface area contributed by atoms with Crippen LogP contribution in [0.2, 0.25) is 0 Å². The summed E-state index contributed by atoms with van der Waals surface area (Å²) in [5.41, 5.74) is 9.34. The summed E-state index contributed by atoms with van der Waals surface area (Å²) in [4.78, 5) is 15.5. The molecule has 0 bridgehead atoms. The second kappa shape index (κ2) is 3.55. The number of aryl methyl sites for hydroxylation is 1. The maximum absolute atomic E-state index is 5.59. The molecule has 0 radical (unpaired) electrons. The highest BCUT2D eigenvalue weighted by atomic mass is 15.0. The Morgan fingerprint density at radius 2 is 2.18 bits per heavy atom. The summed E-state index contributed by atoms with van der Waals surface area (Å²) in [6.45, 7) is 2.01. The maximum atomic E-state index is 5.59. The lowest BCUT2D eigenvalue weighted by Crippen LogP contribution is -1.94. The van der Waals surface area contributed by atoms with E-state index in [1.54, 1.807) is 6.20 Å². The van der Waals surface area contributed by atoms with E-state index in [4.69, 9.17) is 5.73 Å². The maximum Gasteiger partial charge on any atom is 0.220 e. The zero-order chi connectivity index (χ0) is 11.8. The Morgan fingerprint density at radius 1 is 1.29 bits per heavy atom. The molecule has 0 atom stereocenters. The Morgan fingerprint density at radius 3 is 3.00 bits per heavy atom. The van der Waals surface area contributed by atoms with E-state index in [1.165, 1.54) is 0 Å². The second-order valence-corrected chi connectivity index (χ2v) is 3.91. The van der Waals surface area contributed by atoms with Crippen molar-refractivity contribution < 1.29 is 0 Å². The van der Waals surface area contributed by atoms with Crippen LogP contribution in [0.25, 0.3) is 22.3 Å². The summed E-state index contributed by atoms with van der Waals surface area (Å²) in [6, 6.07) is 3.91. The van der Waals surface area contributed by atoms with Crippen LogP contribution in [0.4, 0.5) is 5.95 Å². The van der Waals surface area contributed by atoms with Crippen LogP contribution in [-0.2, 0) is 0 Å². The van der Waals surface area contributed by atoms with Crippen molar-refractivity contribution in [2.75, 3.05) is 5.73 Å². The molecule has 0 unspecified atom stereocenters. The molecule has 84 valence electrons. The van der Waals surface area contributed by atoms with Gasteiger partial charge in [-0.15, -0.1) is 0 Å². The second-order valence-electron chi connectivity index (χ2n) is 3.91. The number of anilines is 1. The predicted octanol–water partition coefficient (Wildman–Crippen LogP) is 1.91. The van der Waals surface area contributed by atoms with E-state index >= 15 is 0 Å². The monoisotopic (exact) mass is 225 g/mol. The van der Waals surface area contributed by atoms with Crippen LogP contribution in [-0.4, -0.2) is 19.9 Å². The first kappa shape index (κ1) is 9.77. The highest BCUT2D eigenvalue weighted by Gasteiger charge is 2.08. The molecule has 0 aliphatic rings. The van der Waals surface area contributed by atoms with Crippen molar-refractivity contribution in [1.82, 2.24) is 19.9 Å². The van der Waals surface area contributed by atoms with Crippen molar-refractivity contribution in [2.45, 2.75) is 6.92 Å². The number of aromatic amines is 1. The van der Waals surface area contributed by atoms with E-state index in [2.05, 4.69) is 26.0 Å². The Kier molecular flexibility index (Phi) is 2.04. The average molecular weight is 225 g/mol. The van der Waals surface area contributed by atoms with Gasteiger partial charge in [-0.2, -0.15) is 0 Å². The minimum atomic E-state index is 0.275. The molecule has 3 N–H and O–H groups in total. The van der Waals surface area contributed by atoms with Gasteiger partial charge < -0.3 is 10.7 Å². The van der Waals surface area contributed by atoms with Gasteiger partial charge in [0.05, 0.1) is 5.69 Å². The van der Waals surface area contributed by atoms with Crippen molar-refractivity contribution in [3.8, 4) is 11.3 Å². The number of nitrogen functional groups attached to an aromatic ring is 1. The predicted molar refractivity (Wildman–Crippen MR) is 66.3 cm³/mol. The number of pyridine rings is 1. The Labute approximate surface area is 97.7 Å². The van der Waals surface area contributed by atoms with Gasteiger partial charge >= 0.3 is 0 Å². The number of aromatic nitrogens is 4. The van der Waals surface area contributed by atoms with Gasteiger partial charge in [-0.05, 0) is 24.6 Å². The third-order valence-corrected chi connectivity index (χ3v) is 2.62. The number of H-pyrrole nitrogens is 1. The van der Waals surface area contributed by atoms with Crippen LogP contribution in [0.5, 0.6) is 0 Å². The molecule has 0 saturated heterocycles. The first-order chi connectivity index (χ1) is 8.24. The van der Waals surface area contributed by atoms with Gasteiger partial charge in [-0.25, -0.2) is 15.0 Å². The molecule has 0 saturated carbocycles. The number of hydrogen-bond donors (Lipinski definition) is 2. The number of nitrogens with zero attached hydrogens (tertiary/aromatic N) is 3. The fourth-order valence-corrected chi connectivity index (χ4v) is 1.84. The fourth-order valence-electron chi connectivity index (χ4n) is 1.84. The molecule has 0 spiro atoms. The van der Waals surface area contributed by atoms with Crippen molar-refractivity contribution in [3.63, 3.8) is 0 Å². The Hall–Kier alpha value is -2.43. The summed E-state index contributed by atoms with van der Waals surface area (Å²) in [5.74, 6) is 0.275. The smallest absolute Gasteiger partial charge is 0.220 e. The van der Waals surface area contributed by atoms with E-state index in [0.717, 1.165) is 27.9 Å². The van der Waals surface area contributed by atoms with Crippen LogP contribution in [0.3, 0.4) is 0 Å². The first-order valence-electron chi connectivity index (χ1n) is 5.26. The molecule has 0 aromatic carbocycles. The molecule has 5 nitrogen and oxygen atoms in total. The van der Waals surface area contributed by atoms with E-state index < -0.39 is 0 Å². The lowest BCUT2D eigenvalue weighted by atomic mass is 10.1. The minimum Gasteiger partial charge on any atom is -0.368 e. The number of nitrogens with two attached hydrogens (primary N) is 1. The van der Waals surface area contributed by atoms with E-state index in [-0.39, 0.29) is 5.95 Å². The average Bonchev–Trinajstić information content (AvgIpc) is 2.71. The van der Waals surface area contributed by atoms with Crippen molar-refractivity contribution in [1.29, 1.82) is 0 Å². The highest BCUT2D eigenvalue weighted by molar-refractivity contribution is 5.92. The molecule has 17 heavy (non-hydrogen) atoms. The van der Waals surface area contributed by atoms with Gasteiger partial charge in [-0.3, -0.25) is 0 Å². The molecule has 3 aromatic heterocycles. The van der Waals surface area contributed by atoms with Gasteiger partial charge in [0.15, 0.2) is 0 Å². The summed E-state index contributed by atoms with van der Waals surface area (Å²) in [7, 11) is 0. The summed E-state index contributed by atoms with van der Waals surface area (Å²) in [6.07, 6.45) is 5.37.